The Morgan fingerprint density at radius 1 is 1.15 bits per heavy atom. The molecule has 0 fully saturated rings. The van der Waals surface area contributed by atoms with Crippen molar-refractivity contribution >= 4 is 5.97 Å². The van der Waals surface area contributed by atoms with E-state index in [2.05, 4.69) is 9.97 Å². The van der Waals surface area contributed by atoms with Crippen LogP contribution >= 0.6 is 0 Å². The van der Waals surface area contributed by atoms with Gasteiger partial charge in [-0.25, -0.2) is 4.98 Å². The number of esters is 1. The molecule has 27 heavy (non-hydrogen) atoms. The smallest absolute Gasteiger partial charge is 0.325 e. The minimum atomic E-state index is -0.236. The average molecular weight is 362 g/mol. The van der Waals surface area contributed by atoms with Gasteiger partial charge in [0.15, 0.2) is 0 Å². The Bertz CT molecular complexity index is 959. The molecule has 0 N–H and O–H groups in total. The molecule has 0 spiro atoms. The predicted molar refractivity (Wildman–Crippen MR) is 98.0 cm³/mol. The highest BCUT2D eigenvalue weighted by Crippen LogP contribution is 2.37. The highest BCUT2D eigenvalue weighted by atomic mass is 16.5. The fraction of sp³-hybridized carbons (Fsp3) is 0.190. The summed E-state index contributed by atoms with van der Waals surface area (Å²) in [5.74, 6) is 1.33. The van der Waals surface area contributed by atoms with E-state index >= 15 is 0 Å². The quantitative estimate of drug-likeness (QED) is 0.499. The maximum atomic E-state index is 11.6. The Labute approximate surface area is 156 Å². The number of carbonyl (C=O) groups is 1. The second-order valence-corrected chi connectivity index (χ2v) is 6.33. The van der Waals surface area contributed by atoms with Gasteiger partial charge in [0.25, 0.3) is 0 Å². The minimum absolute atomic E-state index is 0.126. The summed E-state index contributed by atoms with van der Waals surface area (Å²) in [5.41, 5.74) is 2.03. The van der Waals surface area contributed by atoms with Gasteiger partial charge in [-0.1, -0.05) is 43.3 Å². The topological polar surface area (TPSA) is 70.5 Å². The number of rotatable bonds is 5. The van der Waals surface area contributed by atoms with Crippen LogP contribution in [0.5, 0.6) is 23.4 Å². The molecule has 6 nitrogen and oxygen atoms in total. The molecule has 1 aliphatic rings. The maximum Gasteiger partial charge on any atom is 0.325 e. The highest BCUT2D eigenvalue weighted by molar-refractivity contribution is 5.76. The third kappa shape index (κ3) is 4.06. The van der Waals surface area contributed by atoms with Gasteiger partial charge in [-0.2, -0.15) is 4.98 Å². The molecule has 0 radical (unpaired) electrons. The normalized spacial score (nSPS) is 15.6. The van der Waals surface area contributed by atoms with Crippen LogP contribution in [0.3, 0.4) is 0 Å². The van der Waals surface area contributed by atoms with Crippen molar-refractivity contribution in [1.29, 1.82) is 0 Å². The molecule has 3 aromatic rings. The fourth-order valence-corrected chi connectivity index (χ4v) is 2.89. The van der Waals surface area contributed by atoms with Gasteiger partial charge in [0.05, 0.1) is 6.42 Å². The third-order valence-corrected chi connectivity index (χ3v) is 4.26. The Balaban J connectivity index is 1.47. The van der Waals surface area contributed by atoms with Crippen LogP contribution in [0, 0.1) is 0 Å². The van der Waals surface area contributed by atoms with E-state index in [4.69, 9.17) is 14.2 Å². The Hall–Kier alpha value is -3.41. The van der Waals surface area contributed by atoms with E-state index in [1.54, 1.807) is 18.3 Å². The van der Waals surface area contributed by atoms with E-state index in [0.29, 0.717) is 30.4 Å². The first kappa shape index (κ1) is 17.0. The van der Waals surface area contributed by atoms with Gasteiger partial charge in [0.1, 0.15) is 18.1 Å². The lowest BCUT2D eigenvalue weighted by molar-refractivity contribution is -0.135. The zero-order chi connectivity index (χ0) is 18.6. The molecule has 0 saturated heterocycles. The summed E-state index contributed by atoms with van der Waals surface area (Å²) in [7, 11) is 0. The summed E-state index contributed by atoms with van der Waals surface area (Å²) < 4.78 is 16.7. The molecule has 1 aliphatic heterocycles. The van der Waals surface area contributed by atoms with Crippen molar-refractivity contribution in [1.82, 2.24) is 9.97 Å². The zero-order valence-corrected chi connectivity index (χ0v) is 14.8. The third-order valence-electron chi connectivity index (χ3n) is 4.26. The van der Waals surface area contributed by atoms with Crippen LogP contribution in [0.2, 0.25) is 0 Å². The van der Waals surface area contributed by atoms with Crippen LogP contribution < -0.4 is 14.2 Å². The van der Waals surface area contributed by atoms with Crippen LogP contribution in [0.15, 0.2) is 60.8 Å². The number of benzene rings is 2. The monoisotopic (exact) mass is 362 g/mol. The van der Waals surface area contributed by atoms with E-state index in [0.717, 1.165) is 11.1 Å². The SMILES string of the molecule is CC1CC(=O)Oc2cc(Oc3nccc(OCc4ccccc4)n3)ccc21. The summed E-state index contributed by atoms with van der Waals surface area (Å²) in [6.45, 7) is 2.40. The molecule has 136 valence electrons. The van der Waals surface area contributed by atoms with Crippen molar-refractivity contribution in [3.8, 4) is 23.4 Å². The maximum absolute atomic E-state index is 11.6. The lowest BCUT2D eigenvalue weighted by Crippen LogP contribution is -2.18. The van der Waals surface area contributed by atoms with Crippen molar-refractivity contribution in [3.63, 3.8) is 0 Å². The van der Waals surface area contributed by atoms with E-state index in [-0.39, 0.29) is 17.9 Å². The number of hydrogen-bond acceptors (Lipinski definition) is 6. The first-order chi connectivity index (χ1) is 13.2. The van der Waals surface area contributed by atoms with E-state index in [9.17, 15) is 4.79 Å². The molecule has 0 aliphatic carbocycles. The summed E-state index contributed by atoms with van der Waals surface area (Å²) in [6, 6.07) is 17.1. The second kappa shape index (κ2) is 7.45. The van der Waals surface area contributed by atoms with Gasteiger partial charge in [-0.05, 0) is 23.1 Å². The van der Waals surface area contributed by atoms with Crippen molar-refractivity contribution in [2.75, 3.05) is 0 Å². The standard InChI is InChI=1S/C21H18N2O4/c1-14-11-20(24)27-18-12-16(7-8-17(14)18)26-21-22-10-9-19(23-21)25-13-15-5-3-2-4-6-15/h2-10,12,14H,11,13H2,1H3. The number of aromatic nitrogens is 2. The van der Waals surface area contributed by atoms with Crippen LogP contribution in [0.4, 0.5) is 0 Å². The van der Waals surface area contributed by atoms with Crippen molar-refractivity contribution < 1.29 is 19.0 Å². The van der Waals surface area contributed by atoms with Crippen LogP contribution in [-0.2, 0) is 11.4 Å². The first-order valence-corrected chi connectivity index (χ1v) is 8.69. The Kier molecular flexibility index (Phi) is 4.70. The van der Waals surface area contributed by atoms with Gasteiger partial charge in [0.2, 0.25) is 5.88 Å². The van der Waals surface area contributed by atoms with Crippen molar-refractivity contribution in [3.05, 3.63) is 71.9 Å². The lowest BCUT2D eigenvalue weighted by Gasteiger charge is -2.21. The number of nitrogens with zero attached hydrogens (tertiary/aromatic N) is 2. The molecule has 2 aromatic carbocycles. The zero-order valence-electron chi connectivity index (χ0n) is 14.8. The second-order valence-electron chi connectivity index (χ2n) is 6.33. The highest BCUT2D eigenvalue weighted by Gasteiger charge is 2.24. The van der Waals surface area contributed by atoms with E-state index in [1.165, 1.54) is 0 Å². The molecule has 1 aromatic heterocycles. The number of ether oxygens (including phenoxy) is 3. The van der Waals surface area contributed by atoms with Gasteiger partial charge in [-0.3, -0.25) is 4.79 Å². The lowest BCUT2D eigenvalue weighted by atomic mass is 9.95. The number of carbonyl (C=O) groups excluding carboxylic acids is 1. The summed E-state index contributed by atoms with van der Waals surface area (Å²) in [6.07, 6.45) is 1.96. The van der Waals surface area contributed by atoms with Crippen LogP contribution in [0.25, 0.3) is 0 Å². The van der Waals surface area contributed by atoms with E-state index < -0.39 is 0 Å². The number of hydrogen-bond donors (Lipinski definition) is 0. The molecular formula is C21H18N2O4. The summed E-state index contributed by atoms with van der Waals surface area (Å²) in [4.78, 5) is 20.0. The average Bonchev–Trinajstić information content (AvgIpc) is 2.67. The Morgan fingerprint density at radius 3 is 2.85 bits per heavy atom. The Morgan fingerprint density at radius 2 is 2.00 bits per heavy atom. The van der Waals surface area contributed by atoms with Crippen LogP contribution in [0.1, 0.15) is 30.4 Å². The van der Waals surface area contributed by atoms with Crippen molar-refractivity contribution in [2.24, 2.45) is 0 Å². The summed E-state index contributed by atoms with van der Waals surface area (Å²) >= 11 is 0. The summed E-state index contributed by atoms with van der Waals surface area (Å²) in [5, 5.41) is 0. The predicted octanol–water partition coefficient (Wildman–Crippen LogP) is 4.26. The van der Waals surface area contributed by atoms with Crippen molar-refractivity contribution in [2.45, 2.75) is 25.9 Å². The minimum Gasteiger partial charge on any atom is -0.473 e. The molecule has 4 rings (SSSR count). The molecule has 0 amide bonds. The molecule has 0 saturated carbocycles. The van der Waals surface area contributed by atoms with E-state index in [1.807, 2.05) is 49.4 Å². The van der Waals surface area contributed by atoms with Crippen LogP contribution in [-0.4, -0.2) is 15.9 Å². The molecule has 2 heterocycles. The van der Waals surface area contributed by atoms with Gasteiger partial charge < -0.3 is 14.2 Å². The first-order valence-electron chi connectivity index (χ1n) is 8.69. The molecule has 6 heteroatoms. The molecule has 1 unspecified atom stereocenters. The van der Waals surface area contributed by atoms with Gasteiger partial charge in [0, 0.05) is 18.3 Å². The number of fused-ring (bicyclic) bond motifs is 1. The van der Waals surface area contributed by atoms with Gasteiger partial charge >= 0.3 is 12.0 Å². The molecular weight excluding hydrogens is 344 g/mol. The molecule has 0 bridgehead atoms. The molecule has 1 atom stereocenters. The largest absolute Gasteiger partial charge is 0.473 e. The fourth-order valence-electron chi connectivity index (χ4n) is 2.89. The van der Waals surface area contributed by atoms with Gasteiger partial charge in [-0.15, -0.1) is 0 Å².